The van der Waals surface area contributed by atoms with Crippen LogP contribution >= 0.6 is 11.6 Å². The topological polar surface area (TPSA) is 84.6 Å². The van der Waals surface area contributed by atoms with Crippen molar-refractivity contribution in [1.29, 1.82) is 0 Å². The molecule has 18 heavy (non-hydrogen) atoms. The van der Waals surface area contributed by atoms with Gasteiger partial charge in [-0.3, -0.25) is 4.79 Å². The number of carbonyl (C=O) groups is 1. The summed E-state index contributed by atoms with van der Waals surface area (Å²) in [6.07, 6.45) is -0.0130. The van der Waals surface area contributed by atoms with Crippen molar-refractivity contribution in [1.82, 2.24) is 10.5 Å². The molecule has 1 unspecified atom stereocenters. The average molecular weight is 277 g/mol. The summed E-state index contributed by atoms with van der Waals surface area (Å²) >= 11 is 5.75. The Morgan fingerprint density at radius 3 is 2.94 bits per heavy atom. The molecule has 1 heterocycles. The largest absolute Gasteiger partial charge is 0.391 e. The molecule has 0 saturated carbocycles. The molecule has 0 aliphatic rings. The van der Waals surface area contributed by atoms with Crippen LogP contribution in [0.2, 0.25) is 5.22 Å². The van der Waals surface area contributed by atoms with E-state index in [0.717, 1.165) is 0 Å². The Bertz CT molecular complexity index is 375. The molecule has 1 atom stereocenters. The van der Waals surface area contributed by atoms with E-state index in [4.69, 9.17) is 20.9 Å². The Kier molecular flexibility index (Phi) is 6.11. The summed E-state index contributed by atoms with van der Waals surface area (Å²) in [6, 6.07) is 0. The zero-order valence-electron chi connectivity index (χ0n) is 10.4. The van der Waals surface area contributed by atoms with Crippen LogP contribution in [0.15, 0.2) is 4.52 Å². The first-order valence-corrected chi connectivity index (χ1v) is 5.96. The zero-order valence-corrected chi connectivity index (χ0v) is 11.2. The molecular weight excluding hydrogens is 260 g/mol. The summed E-state index contributed by atoms with van der Waals surface area (Å²) in [6.45, 7) is 2.36. The molecular formula is C11H17ClN2O4. The Morgan fingerprint density at radius 2 is 2.39 bits per heavy atom. The van der Waals surface area contributed by atoms with E-state index < -0.39 is 6.10 Å². The zero-order chi connectivity index (χ0) is 13.5. The van der Waals surface area contributed by atoms with Gasteiger partial charge in [0.05, 0.1) is 24.8 Å². The molecule has 0 spiro atoms. The van der Waals surface area contributed by atoms with Crippen LogP contribution in [0.3, 0.4) is 0 Å². The SMILES string of the molecule is COCC(O)CCNC(=O)Cc1c(C)noc1Cl. The number of ether oxygens (including phenoxy) is 1. The Labute approximate surface area is 110 Å². The third-order valence-corrected chi connectivity index (χ3v) is 2.73. The number of methoxy groups -OCH3 is 1. The van der Waals surface area contributed by atoms with Crippen molar-refractivity contribution in [2.45, 2.75) is 25.9 Å². The quantitative estimate of drug-likeness (QED) is 0.765. The first-order chi connectivity index (χ1) is 8.54. The van der Waals surface area contributed by atoms with Gasteiger partial charge in [-0.25, -0.2) is 0 Å². The van der Waals surface area contributed by atoms with E-state index in [1.165, 1.54) is 7.11 Å². The van der Waals surface area contributed by atoms with E-state index in [1.54, 1.807) is 6.92 Å². The monoisotopic (exact) mass is 276 g/mol. The van der Waals surface area contributed by atoms with Crippen molar-refractivity contribution >= 4 is 17.5 Å². The highest BCUT2D eigenvalue weighted by molar-refractivity contribution is 6.29. The van der Waals surface area contributed by atoms with E-state index in [1.807, 2.05) is 0 Å². The lowest BCUT2D eigenvalue weighted by molar-refractivity contribution is -0.120. The summed E-state index contributed by atoms with van der Waals surface area (Å²) in [7, 11) is 1.51. The van der Waals surface area contributed by atoms with Crippen molar-refractivity contribution in [3.8, 4) is 0 Å². The molecule has 0 aliphatic heterocycles. The van der Waals surface area contributed by atoms with Gasteiger partial charge < -0.3 is 19.7 Å². The average Bonchev–Trinajstić information content (AvgIpc) is 2.61. The molecule has 0 radical (unpaired) electrons. The van der Waals surface area contributed by atoms with Crippen molar-refractivity contribution < 1.29 is 19.2 Å². The first-order valence-electron chi connectivity index (χ1n) is 5.59. The lowest BCUT2D eigenvalue weighted by Gasteiger charge is -2.09. The van der Waals surface area contributed by atoms with Gasteiger partial charge in [-0.05, 0) is 24.9 Å². The van der Waals surface area contributed by atoms with Gasteiger partial charge in [0.25, 0.3) is 0 Å². The Morgan fingerprint density at radius 1 is 1.67 bits per heavy atom. The third kappa shape index (κ3) is 4.64. The van der Waals surface area contributed by atoms with Crippen LogP contribution in [0.4, 0.5) is 0 Å². The number of aromatic nitrogens is 1. The summed E-state index contributed by atoms with van der Waals surface area (Å²) in [5.41, 5.74) is 1.20. The van der Waals surface area contributed by atoms with Crippen LogP contribution in [0.25, 0.3) is 0 Å². The smallest absolute Gasteiger partial charge is 0.229 e. The van der Waals surface area contributed by atoms with Crippen molar-refractivity contribution in [2.75, 3.05) is 20.3 Å². The predicted octanol–water partition coefficient (Wildman–Crippen LogP) is 0.693. The summed E-state index contributed by atoms with van der Waals surface area (Å²) < 4.78 is 9.53. The molecule has 7 heteroatoms. The molecule has 0 saturated heterocycles. The normalized spacial score (nSPS) is 12.4. The van der Waals surface area contributed by atoms with Crippen LogP contribution in [0.1, 0.15) is 17.7 Å². The lowest BCUT2D eigenvalue weighted by Crippen LogP contribution is -2.29. The molecule has 1 amide bonds. The van der Waals surface area contributed by atoms with Crippen molar-refractivity contribution in [3.05, 3.63) is 16.5 Å². The fourth-order valence-electron chi connectivity index (χ4n) is 1.44. The number of halogens is 1. The molecule has 1 aromatic rings. The maximum absolute atomic E-state index is 11.6. The minimum atomic E-state index is -0.573. The van der Waals surface area contributed by atoms with Gasteiger partial charge in [0, 0.05) is 19.2 Å². The van der Waals surface area contributed by atoms with E-state index >= 15 is 0 Å². The van der Waals surface area contributed by atoms with Crippen LogP contribution in [-0.4, -0.2) is 42.5 Å². The van der Waals surface area contributed by atoms with Gasteiger partial charge >= 0.3 is 0 Å². The van der Waals surface area contributed by atoms with Gasteiger partial charge in [-0.1, -0.05) is 5.16 Å². The number of hydrogen-bond donors (Lipinski definition) is 2. The number of nitrogens with zero attached hydrogens (tertiary/aromatic N) is 1. The first kappa shape index (κ1) is 14.9. The number of aliphatic hydroxyl groups excluding tert-OH is 1. The Balaban J connectivity index is 2.30. The van der Waals surface area contributed by atoms with Crippen molar-refractivity contribution in [3.63, 3.8) is 0 Å². The van der Waals surface area contributed by atoms with Gasteiger partial charge in [0.15, 0.2) is 0 Å². The summed E-state index contributed by atoms with van der Waals surface area (Å²) in [5, 5.41) is 15.9. The number of hydrogen-bond acceptors (Lipinski definition) is 5. The molecule has 2 N–H and O–H groups in total. The summed E-state index contributed by atoms with van der Waals surface area (Å²) in [4.78, 5) is 11.6. The molecule has 1 aromatic heterocycles. The van der Waals surface area contributed by atoms with Crippen molar-refractivity contribution in [2.24, 2.45) is 0 Å². The summed E-state index contributed by atoms with van der Waals surface area (Å²) in [5.74, 6) is -0.187. The van der Waals surface area contributed by atoms with Crippen LogP contribution in [0.5, 0.6) is 0 Å². The number of amides is 1. The third-order valence-electron chi connectivity index (χ3n) is 2.43. The highest BCUT2D eigenvalue weighted by atomic mass is 35.5. The van der Waals surface area contributed by atoms with Crippen LogP contribution in [0, 0.1) is 6.92 Å². The Hall–Kier alpha value is -1.11. The fourth-order valence-corrected chi connectivity index (χ4v) is 1.67. The molecule has 6 nitrogen and oxygen atoms in total. The second-order valence-electron chi connectivity index (χ2n) is 3.94. The molecule has 0 aromatic carbocycles. The second kappa shape index (κ2) is 7.35. The van der Waals surface area contributed by atoms with Crippen LogP contribution in [-0.2, 0) is 16.0 Å². The highest BCUT2D eigenvalue weighted by Crippen LogP contribution is 2.19. The number of rotatable bonds is 7. The van der Waals surface area contributed by atoms with Gasteiger partial charge in [0.1, 0.15) is 0 Å². The minimum absolute atomic E-state index is 0.120. The lowest BCUT2D eigenvalue weighted by atomic mass is 10.2. The number of nitrogens with one attached hydrogen (secondary N) is 1. The molecule has 0 bridgehead atoms. The maximum atomic E-state index is 11.6. The van der Waals surface area contributed by atoms with E-state index in [0.29, 0.717) is 24.2 Å². The van der Waals surface area contributed by atoms with Gasteiger partial charge in [0.2, 0.25) is 11.1 Å². The molecule has 102 valence electrons. The van der Waals surface area contributed by atoms with Gasteiger partial charge in [-0.15, -0.1) is 0 Å². The predicted molar refractivity (Wildman–Crippen MR) is 65.5 cm³/mol. The minimum Gasteiger partial charge on any atom is -0.391 e. The standard InChI is InChI=1S/C11H17ClN2O4/c1-7-9(11(12)18-14-7)5-10(16)13-4-3-8(15)6-17-2/h8,15H,3-6H2,1-2H3,(H,13,16). The number of aliphatic hydroxyl groups is 1. The molecule has 0 fully saturated rings. The maximum Gasteiger partial charge on any atom is 0.229 e. The molecule has 0 aliphatic carbocycles. The highest BCUT2D eigenvalue weighted by Gasteiger charge is 2.14. The number of carbonyl (C=O) groups excluding carboxylic acids is 1. The number of aryl methyl sites for hydroxylation is 1. The van der Waals surface area contributed by atoms with Gasteiger partial charge in [-0.2, -0.15) is 0 Å². The van der Waals surface area contributed by atoms with E-state index in [-0.39, 0.29) is 24.2 Å². The molecule has 1 rings (SSSR count). The fraction of sp³-hybridized carbons (Fsp3) is 0.636. The van der Waals surface area contributed by atoms with E-state index in [2.05, 4.69) is 10.5 Å². The van der Waals surface area contributed by atoms with E-state index in [9.17, 15) is 9.90 Å². The second-order valence-corrected chi connectivity index (χ2v) is 4.29. The van der Waals surface area contributed by atoms with Crippen LogP contribution < -0.4 is 5.32 Å².